The van der Waals surface area contributed by atoms with Gasteiger partial charge < -0.3 is 5.11 Å². The number of rotatable bonds is 2. The van der Waals surface area contributed by atoms with Crippen molar-refractivity contribution in [2.75, 3.05) is 19.6 Å². The Morgan fingerprint density at radius 2 is 1.20 bits per heavy atom. The van der Waals surface area contributed by atoms with Crippen LogP contribution in [0.25, 0.3) is 0 Å². The Morgan fingerprint density at radius 1 is 0.840 bits per heavy atom. The first-order chi connectivity index (χ1) is 11.1. The molecule has 148 valence electrons. The molecule has 2 fully saturated rings. The number of hydrogen-bond acceptors (Lipinski definition) is 4. The molecule has 2 heterocycles. The Bertz CT molecular complexity index is 427. The molecule has 0 unspecified atom stereocenters. The zero-order chi connectivity index (χ0) is 19.7. The molecule has 0 aromatic rings. The highest BCUT2D eigenvalue weighted by Crippen LogP contribution is 2.52. The zero-order valence-corrected chi connectivity index (χ0v) is 12.6. The van der Waals surface area contributed by atoms with Crippen molar-refractivity contribution < 1.29 is 44.6 Å². The maximum absolute atomic E-state index is 11.4. The number of hydrogen-bond donors (Lipinski definition) is 1. The summed E-state index contributed by atoms with van der Waals surface area (Å²) in [4.78, 5) is 12.7. The Labute approximate surface area is 135 Å². The van der Waals surface area contributed by atoms with Crippen LogP contribution in [0.4, 0.5) is 39.5 Å². The summed E-state index contributed by atoms with van der Waals surface area (Å²) in [7, 11) is 0. The van der Waals surface area contributed by atoms with Gasteiger partial charge in [0.1, 0.15) is 0 Å². The second-order valence-corrected chi connectivity index (χ2v) is 5.91. The van der Waals surface area contributed by atoms with Gasteiger partial charge >= 0.3 is 24.1 Å². The predicted octanol–water partition coefficient (Wildman–Crippen LogP) is 3.79. The minimum Gasteiger partial charge on any atom is -0.367 e. The van der Waals surface area contributed by atoms with Crippen molar-refractivity contribution in [3.63, 3.8) is 0 Å². The van der Waals surface area contributed by atoms with Gasteiger partial charge in [0.15, 0.2) is 0 Å². The SMILES string of the molecule is O=NCC12CCCN1CCC2.OC(C(F)(F)F)(C(F)(F)F)C(F)(F)F. The molecule has 2 aliphatic rings. The molecule has 0 aromatic heterocycles. The molecule has 2 aliphatic heterocycles. The number of aliphatic hydroxyl groups is 1. The van der Waals surface area contributed by atoms with Crippen molar-refractivity contribution in [1.82, 2.24) is 4.90 Å². The molecular formula is C12H15F9N2O2. The third-order valence-corrected chi connectivity index (χ3v) is 4.40. The fourth-order valence-corrected chi connectivity index (χ4v) is 3.09. The maximum atomic E-state index is 11.4. The van der Waals surface area contributed by atoms with Gasteiger partial charge in [-0.3, -0.25) is 4.90 Å². The number of fused-ring (bicyclic) bond motifs is 1. The van der Waals surface area contributed by atoms with E-state index in [0.29, 0.717) is 6.54 Å². The van der Waals surface area contributed by atoms with Gasteiger partial charge in [-0.1, -0.05) is 5.18 Å². The van der Waals surface area contributed by atoms with Gasteiger partial charge in [0.2, 0.25) is 0 Å². The topological polar surface area (TPSA) is 52.9 Å². The van der Waals surface area contributed by atoms with Crippen molar-refractivity contribution in [3.8, 4) is 0 Å². The molecule has 13 heteroatoms. The fourth-order valence-electron chi connectivity index (χ4n) is 3.09. The van der Waals surface area contributed by atoms with Crippen LogP contribution in [-0.4, -0.2) is 59.3 Å². The lowest BCUT2D eigenvalue weighted by molar-refractivity contribution is -0.447. The van der Waals surface area contributed by atoms with Gasteiger partial charge in [0, 0.05) is 5.54 Å². The van der Waals surface area contributed by atoms with Crippen LogP contribution < -0.4 is 0 Å². The van der Waals surface area contributed by atoms with E-state index in [-0.39, 0.29) is 5.54 Å². The summed E-state index contributed by atoms with van der Waals surface area (Å²) in [6.45, 7) is 2.90. The van der Waals surface area contributed by atoms with Crippen LogP contribution in [0.5, 0.6) is 0 Å². The average Bonchev–Trinajstić information content (AvgIpc) is 2.94. The molecule has 2 saturated heterocycles. The molecule has 1 N–H and O–H groups in total. The van der Waals surface area contributed by atoms with E-state index < -0.39 is 24.1 Å². The Hall–Kier alpha value is -1.11. The average molecular weight is 390 g/mol. The fraction of sp³-hybridized carbons (Fsp3) is 1.00. The van der Waals surface area contributed by atoms with Crippen molar-refractivity contribution >= 4 is 0 Å². The van der Waals surface area contributed by atoms with E-state index >= 15 is 0 Å². The van der Waals surface area contributed by atoms with Crippen molar-refractivity contribution in [3.05, 3.63) is 4.91 Å². The summed E-state index contributed by atoms with van der Waals surface area (Å²) >= 11 is 0. The molecule has 4 nitrogen and oxygen atoms in total. The van der Waals surface area contributed by atoms with Gasteiger partial charge in [0.05, 0.1) is 6.54 Å². The third-order valence-electron chi connectivity index (χ3n) is 4.40. The van der Waals surface area contributed by atoms with Crippen molar-refractivity contribution in [2.24, 2.45) is 5.18 Å². The minimum atomic E-state index is -6.87. The summed E-state index contributed by atoms with van der Waals surface area (Å²) in [5.41, 5.74) is -6.48. The van der Waals surface area contributed by atoms with Crippen LogP contribution in [0.15, 0.2) is 5.18 Å². The minimum absolute atomic E-state index is 0.210. The largest absolute Gasteiger partial charge is 0.435 e. The molecule has 0 aromatic carbocycles. The van der Waals surface area contributed by atoms with Gasteiger partial charge in [-0.2, -0.15) is 44.4 Å². The van der Waals surface area contributed by atoms with Crippen LogP contribution in [0.1, 0.15) is 25.7 Å². The molecule has 0 saturated carbocycles. The molecule has 0 aliphatic carbocycles. The second kappa shape index (κ2) is 6.89. The predicted molar refractivity (Wildman–Crippen MR) is 66.5 cm³/mol. The zero-order valence-electron chi connectivity index (χ0n) is 12.6. The molecular weight excluding hydrogens is 375 g/mol. The van der Waals surface area contributed by atoms with E-state index in [9.17, 15) is 44.4 Å². The first-order valence-electron chi connectivity index (χ1n) is 7.09. The summed E-state index contributed by atoms with van der Waals surface area (Å²) in [6, 6.07) is 0. The lowest BCUT2D eigenvalue weighted by Gasteiger charge is -2.33. The summed E-state index contributed by atoms with van der Waals surface area (Å²) < 4.78 is 103. The van der Waals surface area contributed by atoms with Crippen LogP contribution >= 0.6 is 0 Å². The smallest absolute Gasteiger partial charge is 0.367 e. The number of nitroso groups, excluding NO2 is 1. The van der Waals surface area contributed by atoms with E-state index in [1.54, 1.807) is 0 Å². The maximum Gasteiger partial charge on any atom is 0.435 e. The van der Waals surface area contributed by atoms with Gasteiger partial charge in [0.25, 0.3) is 0 Å². The van der Waals surface area contributed by atoms with Crippen LogP contribution in [0.3, 0.4) is 0 Å². The molecule has 0 atom stereocenters. The lowest BCUT2D eigenvalue weighted by Crippen LogP contribution is -2.66. The monoisotopic (exact) mass is 390 g/mol. The molecule has 0 radical (unpaired) electrons. The van der Waals surface area contributed by atoms with E-state index in [0.717, 1.165) is 0 Å². The first-order valence-corrected chi connectivity index (χ1v) is 7.09. The molecule has 2 rings (SSSR count). The Kier molecular flexibility index (Phi) is 6.05. The van der Waals surface area contributed by atoms with Gasteiger partial charge in [-0.05, 0) is 38.8 Å². The highest BCUT2D eigenvalue weighted by molar-refractivity contribution is 5.01. The summed E-state index contributed by atoms with van der Waals surface area (Å²) in [5.74, 6) is 0. The van der Waals surface area contributed by atoms with E-state index in [4.69, 9.17) is 5.11 Å². The van der Waals surface area contributed by atoms with E-state index in [1.165, 1.54) is 38.8 Å². The first kappa shape index (κ1) is 21.9. The van der Waals surface area contributed by atoms with Crippen molar-refractivity contribution in [1.29, 1.82) is 0 Å². The molecule has 0 amide bonds. The summed E-state index contributed by atoms with van der Waals surface area (Å²) in [6.07, 6.45) is -15.7. The van der Waals surface area contributed by atoms with Crippen LogP contribution in [0, 0.1) is 4.91 Å². The van der Waals surface area contributed by atoms with Gasteiger partial charge in [-0.15, -0.1) is 0 Å². The number of nitrogens with zero attached hydrogens (tertiary/aromatic N) is 2. The Balaban J connectivity index is 0.000000255. The quantitative estimate of drug-likeness (QED) is 0.577. The molecule has 0 spiro atoms. The normalized spacial score (nSPS) is 21.5. The third kappa shape index (κ3) is 4.01. The van der Waals surface area contributed by atoms with Gasteiger partial charge in [-0.25, -0.2) is 0 Å². The highest BCUT2D eigenvalue weighted by atomic mass is 19.4. The van der Waals surface area contributed by atoms with Crippen LogP contribution in [0.2, 0.25) is 0 Å². The molecule has 25 heavy (non-hydrogen) atoms. The van der Waals surface area contributed by atoms with Crippen LogP contribution in [-0.2, 0) is 0 Å². The Morgan fingerprint density at radius 3 is 1.44 bits per heavy atom. The number of alkyl halides is 9. The highest BCUT2D eigenvalue weighted by Gasteiger charge is 2.83. The summed E-state index contributed by atoms with van der Waals surface area (Å²) in [5, 5.41) is 10.7. The standard InChI is InChI=1S/C8H14N2O.C4HF9O/c11-9-7-8-3-1-5-10(8)6-2-4-8;5-2(6,7)1(14,3(8,9)10)4(11,12)13/h1-7H2;14H. The lowest BCUT2D eigenvalue weighted by atomic mass is 9.94. The van der Waals surface area contributed by atoms with Crippen molar-refractivity contribution in [2.45, 2.75) is 55.4 Å². The van der Waals surface area contributed by atoms with E-state index in [2.05, 4.69) is 10.1 Å². The molecule has 0 bridgehead atoms. The second-order valence-electron chi connectivity index (χ2n) is 5.91. The van der Waals surface area contributed by atoms with E-state index in [1.807, 2.05) is 0 Å². The number of halogens is 9.